The van der Waals surface area contributed by atoms with Crippen LogP contribution in [0, 0.1) is 0 Å². The van der Waals surface area contributed by atoms with Crippen LogP contribution in [0.3, 0.4) is 0 Å². The molecule has 0 radical (unpaired) electrons. The maximum absolute atomic E-state index is 5.31. The highest BCUT2D eigenvalue weighted by molar-refractivity contribution is 5.31. The third-order valence-electron chi connectivity index (χ3n) is 2.63. The normalized spacial score (nSPS) is 17.1. The van der Waals surface area contributed by atoms with Gasteiger partial charge in [0.2, 0.25) is 5.95 Å². The van der Waals surface area contributed by atoms with Crippen LogP contribution in [0.5, 0.6) is 0 Å². The van der Waals surface area contributed by atoms with Gasteiger partial charge in [0, 0.05) is 25.7 Å². The topological polar surface area (TPSA) is 53.2 Å². The molecule has 0 saturated carbocycles. The third-order valence-corrected chi connectivity index (χ3v) is 2.63. The van der Waals surface area contributed by atoms with Crippen molar-refractivity contribution in [2.45, 2.75) is 26.4 Å². The molecule has 0 aliphatic carbocycles. The Hall–Kier alpha value is -1.07. The average Bonchev–Trinajstić information content (AvgIpc) is 2.76. The van der Waals surface area contributed by atoms with E-state index in [2.05, 4.69) is 34.0 Å². The Balaban J connectivity index is 1.90. The Labute approximate surface area is 96.2 Å². The Bertz CT molecular complexity index is 318. The smallest absolute Gasteiger partial charge is 0.203 e. The zero-order chi connectivity index (χ0) is 11.4. The SMILES string of the molecule is CC(C)NCc1cnc(N2CCOCC2)[nH]1. The number of ether oxygens (including phenoxy) is 1. The molecule has 1 saturated heterocycles. The second kappa shape index (κ2) is 5.32. The number of hydrogen-bond acceptors (Lipinski definition) is 4. The highest BCUT2D eigenvalue weighted by atomic mass is 16.5. The van der Waals surface area contributed by atoms with Gasteiger partial charge in [0.15, 0.2) is 0 Å². The molecule has 5 nitrogen and oxygen atoms in total. The summed E-state index contributed by atoms with van der Waals surface area (Å²) in [5.41, 5.74) is 1.13. The van der Waals surface area contributed by atoms with Crippen molar-refractivity contribution in [3.8, 4) is 0 Å². The first-order chi connectivity index (χ1) is 7.75. The Morgan fingerprint density at radius 2 is 2.25 bits per heavy atom. The third kappa shape index (κ3) is 2.96. The summed E-state index contributed by atoms with van der Waals surface area (Å²) in [6.45, 7) is 8.54. The van der Waals surface area contributed by atoms with E-state index < -0.39 is 0 Å². The molecule has 2 heterocycles. The van der Waals surface area contributed by atoms with Crippen molar-refractivity contribution in [3.05, 3.63) is 11.9 Å². The van der Waals surface area contributed by atoms with E-state index in [0.29, 0.717) is 6.04 Å². The first kappa shape index (κ1) is 11.4. The summed E-state index contributed by atoms with van der Waals surface area (Å²) in [5, 5.41) is 3.36. The number of aromatic nitrogens is 2. The van der Waals surface area contributed by atoms with Crippen LogP contribution >= 0.6 is 0 Å². The van der Waals surface area contributed by atoms with Crippen molar-refractivity contribution in [3.63, 3.8) is 0 Å². The number of imidazole rings is 1. The number of nitrogens with one attached hydrogen (secondary N) is 2. The number of H-pyrrole nitrogens is 1. The van der Waals surface area contributed by atoms with E-state index >= 15 is 0 Å². The van der Waals surface area contributed by atoms with Crippen LogP contribution in [0.1, 0.15) is 19.5 Å². The van der Waals surface area contributed by atoms with Gasteiger partial charge in [-0.2, -0.15) is 0 Å². The number of aromatic amines is 1. The maximum atomic E-state index is 5.31. The first-order valence-corrected chi connectivity index (χ1v) is 5.85. The van der Waals surface area contributed by atoms with E-state index in [4.69, 9.17) is 4.74 Å². The Kier molecular flexibility index (Phi) is 3.79. The van der Waals surface area contributed by atoms with Crippen LogP contribution in [-0.2, 0) is 11.3 Å². The molecule has 2 rings (SSSR count). The molecule has 0 bridgehead atoms. The molecule has 16 heavy (non-hydrogen) atoms. The van der Waals surface area contributed by atoms with Gasteiger partial charge < -0.3 is 19.9 Å². The fraction of sp³-hybridized carbons (Fsp3) is 0.727. The van der Waals surface area contributed by atoms with E-state index in [0.717, 1.165) is 44.5 Å². The lowest BCUT2D eigenvalue weighted by molar-refractivity contribution is 0.122. The van der Waals surface area contributed by atoms with Crippen molar-refractivity contribution in [1.29, 1.82) is 0 Å². The summed E-state index contributed by atoms with van der Waals surface area (Å²) in [7, 11) is 0. The lowest BCUT2D eigenvalue weighted by Crippen LogP contribution is -2.36. The minimum absolute atomic E-state index is 0.495. The highest BCUT2D eigenvalue weighted by Gasteiger charge is 2.13. The second-order valence-corrected chi connectivity index (χ2v) is 4.37. The minimum atomic E-state index is 0.495. The molecular formula is C11H20N4O. The van der Waals surface area contributed by atoms with Gasteiger partial charge in [-0.1, -0.05) is 13.8 Å². The molecule has 1 aliphatic heterocycles. The van der Waals surface area contributed by atoms with E-state index in [1.165, 1.54) is 0 Å². The largest absolute Gasteiger partial charge is 0.378 e. The number of morpholine rings is 1. The molecule has 1 aromatic rings. The molecule has 0 aromatic carbocycles. The second-order valence-electron chi connectivity index (χ2n) is 4.37. The van der Waals surface area contributed by atoms with E-state index in [9.17, 15) is 0 Å². The summed E-state index contributed by atoms with van der Waals surface area (Å²) in [4.78, 5) is 9.95. The zero-order valence-electron chi connectivity index (χ0n) is 9.99. The van der Waals surface area contributed by atoms with Gasteiger partial charge in [0.25, 0.3) is 0 Å². The van der Waals surface area contributed by atoms with Crippen LogP contribution in [-0.4, -0.2) is 42.3 Å². The molecule has 5 heteroatoms. The zero-order valence-corrected chi connectivity index (χ0v) is 9.99. The summed E-state index contributed by atoms with van der Waals surface area (Å²) in [6, 6.07) is 0.495. The van der Waals surface area contributed by atoms with Gasteiger partial charge in [-0.3, -0.25) is 0 Å². The van der Waals surface area contributed by atoms with Gasteiger partial charge in [-0.05, 0) is 0 Å². The highest BCUT2D eigenvalue weighted by Crippen LogP contribution is 2.10. The minimum Gasteiger partial charge on any atom is -0.378 e. The van der Waals surface area contributed by atoms with Gasteiger partial charge in [0.05, 0.1) is 25.1 Å². The fourth-order valence-electron chi connectivity index (χ4n) is 1.69. The van der Waals surface area contributed by atoms with Crippen LogP contribution in [0.15, 0.2) is 6.20 Å². The summed E-state index contributed by atoms with van der Waals surface area (Å²) >= 11 is 0. The van der Waals surface area contributed by atoms with E-state index in [1.807, 2.05) is 6.20 Å². The number of rotatable bonds is 4. The molecule has 1 fully saturated rings. The lowest BCUT2D eigenvalue weighted by Gasteiger charge is -2.26. The molecule has 0 unspecified atom stereocenters. The van der Waals surface area contributed by atoms with E-state index in [-0.39, 0.29) is 0 Å². The molecule has 0 amide bonds. The van der Waals surface area contributed by atoms with Gasteiger partial charge in [0.1, 0.15) is 0 Å². The average molecular weight is 224 g/mol. The van der Waals surface area contributed by atoms with Crippen LogP contribution < -0.4 is 10.2 Å². The monoisotopic (exact) mass is 224 g/mol. The van der Waals surface area contributed by atoms with Gasteiger partial charge in [-0.25, -0.2) is 4.98 Å². The lowest BCUT2D eigenvalue weighted by atomic mass is 10.4. The van der Waals surface area contributed by atoms with Crippen molar-refractivity contribution in [2.24, 2.45) is 0 Å². The fourth-order valence-corrected chi connectivity index (χ4v) is 1.69. The molecule has 2 N–H and O–H groups in total. The number of anilines is 1. The first-order valence-electron chi connectivity index (χ1n) is 5.85. The van der Waals surface area contributed by atoms with Crippen molar-refractivity contribution < 1.29 is 4.74 Å². The summed E-state index contributed by atoms with van der Waals surface area (Å²) in [6.07, 6.45) is 1.90. The van der Waals surface area contributed by atoms with E-state index in [1.54, 1.807) is 0 Å². The van der Waals surface area contributed by atoms with Crippen molar-refractivity contribution in [2.75, 3.05) is 31.2 Å². The van der Waals surface area contributed by atoms with Crippen LogP contribution in [0.4, 0.5) is 5.95 Å². The number of nitrogens with zero attached hydrogens (tertiary/aromatic N) is 2. The predicted molar refractivity (Wildman–Crippen MR) is 63.6 cm³/mol. The molecule has 1 aliphatic rings. The standard InChI is InChI=1S/C11H20N4O/c1-9(2)12-7-10-8-13-11(14-10)15-3-5-16-6-4-15/h8-9,12H,3-7H2,1-2H3,(H,13,14). The van der Waals surface area contributed by atoms with Crippen molar-refractivity contribution >= 4 is 5.95 Å². The summed E-state index contributed by atoms with van der Waals surface area (Å²) in [5.74, 6) is 0.962. The number of hydrogen-bond donors (Lipinski definition) is 2. The maximum Gasteiger partial charge on any atom is 0.203 e. The quantitative estimate of drug-likeness (QED) is 0.792. The molecule has 1 aromatic heterocycles. The predicted octanol–water partition coefficient (Wildman–Crippen LogP) is 0.744. The van der Waals surface area contributed by atoms with Gasteiger partial charge in [-0.15, -0.1) is 0 Å². The van der Waals surface area contributed by atoms with Crippen molar-refractivity contribution in [1.82, 2.24) is 15.3 Å². The molecular weight excluding hydrogens is 204 g/mol. The van der Waals surface area contributed by atoms with Crippen LogP contribution in [0.25, 0.3) is 0 Å². The summed E-state index contributed by atoms with van der Waals surface area (Å²) < 4.78 is 5.31. The molecule has 0 spiro atoms. The van der Waals surface area contributed by atoms with Gasteiger partial charge >= 0.3 is 0 Å². The Morgan fingerprint density at radius 3 is 2.94 bits per heavy atom. The molecule has 0 atom stereocenters. The van der Waals surface area contributed by atoms with Crippen LogP contribution in [0.2, 0.25) is 0 Å². The molecule has 90 valence electrons. The Morgan fingerprint density at radius 1 is 1.50 bits per heavy atom.